The van der Waals surface area contributed by atoms with Gasteiger partial charge in [0.1, 0.15) is 6.54 Å². The van der Waals surface area contributed by atoms with E-state index in [0.717, 1.165) is 36.7 Å². The van der Waals surface area contributed by atoms with Gasteiger partial charge in [-0.25, -0.2) is 13.4 Å². The van der Waals surface area contributed by atoms with E-state index in [1.807, 2.05) is 24.3 Å². The topological polar surface area (TPSA) is 111 Å². The predicted molar refractivity (Wildman–Crippen MR) is 128 cm³/mol. The van der Waals surface area contributed by atoms with Crippen LogP contribution in [0, 0.1) is 6.92 Å². The highest BCUT2D eigenvalue weighted by molar-refractivity contribution is 7.89. The minimum absolute atomic E-state index is 0.0729. The molecule has 1 saturated heterocycles. The van der Waals surface area contributed by atoms with Crippen molar-refractivity contribution in [2.24, 2.45) is 0 Å². The summed E-state index contributed by atoms with van der Waals surface area (Å²) < 4.78 is 34.7. The van der Waals surface area contributed by atoms with E-state index in [0.29, 0.717) is 24.3 Å². The Kier molecular flexibility index (Phi) is 7.28. The zero-order valence-corrected chi connectivity index (χ0v) is 19.9. The van der Waals surface area contributed by atoms with Crippen LogP contribution in [-0.4, -0.2) is 53.8 Å². The van der Waals surface area contributed by atoms with E-state index in [-0.39, 0.29) is 11.4 Å². The Morgan fingerprint density at radius 2 is 1.79 bits per heavy atom. The Labute approximate surface area is 198 Å². The van der Waals surface area contributed by atoms with Gasteiger partial charge in [-0.2, -0.15) is 4.31 Å². The Balaban J connectivity index is 1.37. The fourth-order valence-electron chi connectivity index (χ4n) is 4.04. The minimum Gasteiger partial charge on any atom is -0.454 e. The number of nitrogens with zero attached hydrogens (tertiary/aromatic N) is 3. The molecule has 1 amide bonds. The van der Waals surface area contributed by atoms with Gasteiger partial charge in [0.2, 0.25) is 10.0 Å². The van der Waals surface area contributed by atoms with E-state index < -0.39 is 28.5 Å². The van der Waals surface area contributed by atoms with Gasteiger partial charge in [-0.15, -0.1) is 0 Å². The molecule has 0 aliphatic carbocycles. The van der Waals surface area contributed by atoms with Crippen molar-refractivity contribution in [2.45, 2.75) is 44.0 Å². The number of hydrogen-bond acceptors (Lipinski definition) is 6. The summed E-state index contributed by atoms with van der Waals surface area (Å²) in [5.41, 5.74) is 2.50. The number of ether oxygens (including phenoxy) is 1. The number of rotatable bonds is 7. The molecule has 1 aliphatic rings. The second-order valence-electron chi connectivity index (χ2n) is 8.37. The smallest absolute Gasteiger partial charge is 0.326 e. The van der Waals surface area contributed by atoms with Crippen LogP contribution in [0.3, 0.4) is 0 Å². The van der Waals surface area contributed by atoms with Gasteiger partial charge in [-0.1, -0.05) is 31.0 Å². The first-order chi connectivity index (χ1) is 16.3. The number of benzene rings is 2. The number of anilines is 1. The molecule has 0 bridgehead atoms. The number of aryl methyl sites for hydroxylation is 1. The third-order valence-corrected chi connectivity index (χ3v) is 7.89. The average Bonchev–Trinajstić information content (AvgIpc) is 3.02. The number of hydrogen-bond donors (Lipinski definition) is 1. The van der Waals surface area contributed by atoms with Gasteiger partial charge in [0.05, 0.1) is 22.3 Å². The summed E-state index contributed by atoms with van der Waals surface area (Å²) in [6.45, 7) is 2.18. The zero-order valence-electron chi connectivity index (χ0n) is 19.1. The molecular weight excluding hydrogens is 456 g/mol. The van der Waals surface area contributed by atoms with Crippen molar-refractivity contribution in [2.75, 3.05) is 25.0 Å². The van der Waals surface area contributed by atoms with Gasteiger partial charge in [0.25, 0.3) is 5.91 Å². The second kappa shape index (κ2) is 10.4. The zero-order chi connectivity index (χ0) is 24.1. The number of amides is 1. The van der Waals surface area contributed by atoms with Gasteiger partial charge in [-0.05, 0) is 49.6 Å². The van der Waals surface area contributed by atoms with Gasteiger partial charge >= 0.3 is 5.97 Å². The molecule has 0 unspecified atom stereocenters. The third kappa shape index (κ3) is 5.45. The molecule has 180 valence electrons. The van der Waals surface area contributed by atoms with Crippen LogP contribution in [-0.2, 0) is 30.9 Å². The quantitative estimate of drug-likeness (QED) is 0.516. The molecule has 1 aliphatic heterocycles. The van der Waals surface area contributed by atoms with Crippen LogP contribution in [0.15, 0.2) is 53.7 Å². The lowest BCUT2D eigenvalue weighted by Gasteiger charge is -2.21. The summed E-state index contributed by atoms with van der Waals surface area (Å²) >= 11 is 0. The molecule has 0 atom stereocenters. The summed E-state index contributed by atoms with van der Waals surface area (Å²) in [7, 11) is -3.66. The number of carbonyl (C=O) groups is 2. The molecule has 9 nitrogen and oxygen atoms in total. The van der Waals surface area contributed by atoms with Crippen molar-refractivity contribution < 1.29 is 22.7 Å². The van der Waals surface area contributed by atoms with E-state index in [2.05, 4.69) is 10.3 Å². The maximum Gasteiger partial charge on any atom is 0.326 e. The maximum atomic E-state index is 13.2. The molecule has 0 radical (unpaired) electrons. The number of carbonyl (C=O) groups excluding carboxylic acids is 2. The predicted octanol–water partition coefficient (Wildman–Crippen LogP) is 3.09. The van der Waals surface area contributed by atoms with Crippen molar-refractivity contribution in [1.82, 2.24) is 13.9 Å². The second-order valence-corrected chi connectivity index (χ2v) is 10.3. The molecule has 4 rings (SSSR count). The van der Waals surface area contributed by atoms with Gasteiger partial charge in [-0.3, -0.25) is 9.59 Å². The van der Waals surface area contributed by atoms with Crippen LogP contribution in [0.1, 0.15) is 31.2 Å². The number of sulfonamides is 1. The number of para-hydroxylation sites is 2. The van der Waals surface area contributed by atoms with Crippen molar-refractivity contribution in [3.05, 3.63) is 54.4 Å². The Hall–Kier alpha value is -3.24. The Morgan fingerprint density at radius 3 is 2.56 bits per heavy atom. The summed E-state index contributed by atoms with van der Waals surface area (Å²) in [6, 6.07) is 12.2. The first-order valence-electron chi connectivity index (χ1n) is 11.3. The monoisotopic (exact) mass is 484 g/mol. The van der Waals surface area contributed by atoms with Crippen LogP contribution < -0.4 is 5.32 Å². The fraction of sp³-hybridized carbons (Fsp3) is 0.375. The van der Waals surface area contributed by atoms with Crippen LogP contribution in [0.4, 0.5) is 5.69 Å². The maximum absolute atomic E-state index is 13.2. The SMILES string of the molecule is Cc1ccc(NC(=O)COC(=O)Cn2cnc3ccccc32)cc1S(=O)(=O)N1CCCCCC1. The molecule has 34 heavy (non-hydrogen) atoms. The number of esters is 1. The molecule has 0 saturated carbocycles. The average molecular weight is 485 g/mol. The van der Waals surface area contributed by atoms with Gasteiger partial charge < -0.3 is 14.6 Å². The van der Waals surface area contributed by atoms with Crippen LogP contribution >= 0.6 is 0 Å². The van der Waals surface area contributed by atoms with Crippen molar-refractivity contribution in [3.63, 3.8) is 0 Å². The highest BCUT2D eigenvalue weighted by atomic mass is 32.2. The van der Waals surface area contributed by atoms with Crippen molar-refractivity contribution >= 4 is 38.6 Å². The van der Waals surface area contributed by atoms with Crippen molar-refractivity contribution in [3.8, 4) is 0 Å². The molecule has 1 fully saturated rings. The number of fused-ring (bicyclic) bond motifs is 1. The van der Waals surface area contributed by atoms with E-state index in [9.17, 15) is 18.0 Å². The van der Waals surface area contributed by atoms with Gasteiger partial charge in [0, 0.05) is 18.8 Å². The van der Waals surface area contributed by atoms with Crippen LogP contribution in [0.2, 0.25) is 0 Å². The molecule has 1 aromatic heterocycles. The summed E-state index contributed by atoms with van der Waals surface area (Å²) in [6.07, 6.45) is 5.28. The summed E-state index contributed by atoms with van der Waals surface area (Å²) in [5.74, 6) is -1.13. The molecule has 1 N–H and O–H groups in total. The lowest BCUT2D eigenvalue weighted by Crippen LogP contribution is -2.32. The largest absolute Gasteiger partial charge is 0.454 e. The van der Waals surface area contributed by atoms with Crippen LogP contribution in [0.25, 0.3) is 11.0 Å². The minimum atomic E-state index is -3.66. The van der Waals surface area contributed by atoms with Crippen molar-refractivity contribution in [1.29, 1.82) is 0 Å². The Bertz CT molecular complexity index is 1290. The fourth-order valence-corrected chi connectivity index (χ4v) is 5.81. The molecule has 3 aromatic rings. The summed E-state index contributed by atoms with van der Waals surface area (Å²) in [5, 5.41) is 2.62. The van der Waals surface area contributed by atoms with Crippen LogP contribution in [0.5, 0.6) is 0 Å². The first-order valence-corrected chi connectivity index (χ1v) is 12.7. The van der Waals surface area contributed by atoms with Gasteiger partial charge in [0.15, 0.2) is 6.61 Å². The van der Waals surface area contributed by atoms with E-state index in [1.165, 1.54) is 10.4 Å². The molecule has 2 aromatic carbocycles. The standard InChI is InChI=1S/C24H28N4O5S/c1-18-10-11-19(14-22(18)34(31,32)28-12-6-2-3-7-13-28)26-23(29)16-33-24(30)15-27-17-25-20-8-4-5-9-21(20)27/h4-5,8-11,14,17H,2-3,6-7,12-13,15-16H2,1H3,(H,26,29). The number of imidazole rings is 1. The van der Waals surface area contributed by atoms with E-state index in [4.69, 9.17) is 4.74 Å². The molecule has 0 spiro atoms. The lowest BCUT2D eigenvalue weighted by atomic mass is 10.2. The highest BCUT2D eigenvalue weighted by Crippen LogP contribution is 2.26. The number of aromatic nitrogens is 2. The third-order valence-electron chi connectivity index (χ3n) is 5.85. The molecule has 2 heterocycles. The van der Waals surface area contributed by atoms with E-state index >= 15 is 0 Å². The van der Waals surface area contributed by atoms with E-state index in [1.54, 1.807) is 30.0 Å². The molecule has 10 heteroatoms. The summed E-state index contributed by atoms with van der Waals surface area (Å²) in [4.78, 5) is 29.0. The number of nitrogens with one attached hydrogen (secondary N) is 1. The lowest BCUT2D eigenvalue weighted by molar-refractivity contribution is -0.147. The first kappa shape index (κ1) is 23.9. The normalized spacial score (nSPS) is 15.1. The highest BCUT2D eigenvalue weighted by Gasteiger charge is 2.27. The molecular formula is C24H28N4O5S. The Morgan fingerprint density at radius 1 is 1.06 bits per heavy atom.